The molecule has 1 aromatic carbocycles. The van der Waals surface area contributed by atoms with Crippen molar-refractivity contribution in [1.29, 1.82) is 5.26 Å². The van der Waals surface area contributed by atoms with Gasteiger partial charge in [0.15, 0.2) is 0 Å². The molecule has 0 saturated carbocycles. The molecule has 0 radical (unpaired) electrons. The number of anilines is 1. The summed E-state index contributed by atoms with van der Waals surface area (Å²) in [6.45, 7) is 1.71. The fraction of sp³-hybridized carbons (Fsp3) is 0.375. The Bertz CT molecular complexity index is 709. The molecule has 0 bridgehead atoms. The molecule has 26 heavy (non-hydrogen) atoms. The van der Waals surface area contributed by atoms with Crippen LogP contribution in [0.2, 0.25) is 5.02 Å². The van der Waals surface area contributed by atoms with Crippen LogP contribution >= 0.6 is 11.6 Å². The van der Waals surface area contributed by atoms with Gasteiger partial charge >= 0.3 is 0 Å². The molecule has 1 N–H and O–H groups in total. The van der Waals surface area contributed by atoms with E-state index in [0.29, 0.717) is 26.3 Å². The van der Waals surface area contributed by atoms with Crippen molar-refractivity contribution in [3.63, 3.8) is 0 Å². The third-order valence-corrected chi connectivity index (χ3v) is 3.58. The van der Waals surface area contributed by atoms with Crippen LogP contribution in [0.1, 0.15) is 0 Å². The Hall–Kier alpha value is -2.67. The molecule has 10 heteroatoms. The van der Waals surface area contributed by atoms with Crippen molar-refractivity contribution in [3.8, 4) is 6.07 Å². The third kappa shape index (κ3) is 6.68. The lowest BCUT2D eigenvalue weighted by Crippen LogP contribution is -2.27. The average Bonchev–Trinajstić information content (AvgIpc) is 2.62. The van der Waals surface area contributed by atoms with Crippen LogP contribution in [0.4, 0.5) is 11.4 Å². The number of nitrogens with one attached hydrogen (secondary N) is 1. The maximum atomic E-state index is 12.3. The van der Waals surface area contributed by atoms with Gasteiger partial charge in [0, 0.05) is 45.6 Å². The second kappa shape index (κ2) is 11.0. The predicted octanol–water partition coefficient (Wildman–Crippen LogP) is 2.19. The number of nitriles is 1. The van der Waals surface area contributed by atoms with E-state index >= 15 is 0 Å². The molecule has 1 rings (SSSR count). The number of nitrogens with zero attached hydrogens (tertiary/aromatic N) is 3. The van der Waals surface area contributed by atoms with E-state index in [1.807, 2.05) is 6.07 Å². The van der Waals surface area contributed by atoms with Crippen LogP contribution < -0.4 is 5.32 Å². The summed E-state index contributed by atoms with van der Waals surface area (Å²) in [6.07, 6.45) is 1.39. The number of amides is 1. The fourth-order valence-electron chi connectivity index (χ4n) is 1.89. The summed E-state index contributed by atoms with van der Waals surface area (Å²) < 4.78 is 10.00. The van der Waals surface area contributed by atoms with E-state index in [2.05, 4.69) is 5.32 Å². The number of carbonyl (C=O) groups excluding carboxylic acids is 1. The minimum atomic E-state index is -0.727. The maximum Gasteiger partial charge on any atom is 0.271 e. The van der Waals surface area contributed by atoms with E-state index in [0.717, 1.165) is 6.07 Å². The van der Waals surface area contributed by atoms with Crippen LogP contribution in [0.3, 0.4) is 0 Å². The highest BCUT2D eigenvalue weighted by atomic mass is 35.5. The molecule has 0 aromatic heterocycles. The number of nitro benzene ring substituents is 1. The SMILES string of the molecule is COCCN(/C=C(/C#N)C(=O)Nc1cc([N+](=O)[O-])ccc1Cl)CCOC. The first kappa shape index (κ1) is 21.4. The summed E-state index contributed by atoms with van der Waals surface area (Å²) in [6, 6.07) is 5.46. The number of nitro groups is 1. The molecule has 9 nitrogen and oxygen atoms in total. The van der Waals surface area contributed by atoms with Crippen molar-refractivity contribution in [2.45, 2.75) is 0 Å². The smallest absolute Gasteiger partial charge is 0.271 e. The predicted molar refractivity (Wildman–Crippen MR) is 95.8 cm³/mol. The van der Waals surface area contributed by atoms with E-state index in [1.54, 1.807) is 19.1 Å². The van der Waals surface area contributed by atoms with Crippen molar-refractivity contribution < 1.29 is 19.2 Å². The van der Waals surface area contributed by atoms with E-state index in [1.165, 1.54) is 18.3 Å². The van der Waals surface area contributed by atoms with Crippen LogP contribution in [0.5, 0.6) is 0 Å². The molecule has 0 spiro atoms. The molecule has 0 aliphatic rings. The van der Waals surface area contributed by atoms with Gasteiger partial charge in [-0.1, -0.05) is 11.6 Å². The van der Waals surface area contributed by atoms with Gasteiger partial charge in [-0.15, -0.1) is 0 Å². The van der Waals surface area contributed by atoms with Crippen molar-refractivity contribution >= 4 is 28.9 Å². The minimum Gasteiger partial charge on any atom is -0.383 e. The first-order valence-corrected chi connectivity index (χ1v) is 7.89. The van der Waals surface area contributed by atoms with Gasteiger partial charge in [-0.3, -0.25) is 14.9 Å². The van der Waals surface area contributed by atoms with Gasteiger partial charge < -0.3 is 19.7 Å². The topological polar surface area (TPSA) is 118 Å². The lowest BCUT2D eigenvalue weighted by molar-refractivity contribution is -0.384. The van der Waals surface area contributed by atoms with Gasteiger partial charge in [-0.25, -0.2) is 0 Å². The first-order valence-electron chi connectivity index (χ1n) is 7.52. The molecule has 0 unspecified atom stereocenters. The summed E-state index contributed by atoms with van der Waals surface area (Å²) in [5.41, 5.74) is -0.360. The normalized spacial score (nSPS) is 10.9. The van der Waals surface area contributed by atoms with Crippen molar-refractivity contribution in [3.05, 3.63) is 45.1 Å². The lowest BCUT2D eigenvalue weighted by Gasteiger charge is -2.20. The molecular weight excluding hydrogens is 364 g/mol. The van der Waals surface area contributed by atoms with Gasteiger partial charge in [0.1, 0.15) is 11.6 Å². The van der Waals surface area contributed by atoms with E-state index in [-0.39, 0.29) is 22.0 Å². The largest absolute Gasteiger partial charge is 0.383 e. The van der Waals surface area contributed by atoms with Crippen LogP contribution in [0.15, 0.2) is 30.0 Å². The standard InChI is InChI=1S/C16H19ClN4O5/c1-25-7-5-20(6-8-26-2)11-12(10-18)16(22)19-15-9-13(21(23)24)3-4-14(15)17/h3-4,9,11H,5-8H2,1-2H3,(H,19,22)/b12-11-. The number of hydrogen-bond acceptors (Lipinski definition) is 7. The molecule has 0 heterocycles. The summed E-state index contributed by atoms with van der Waals surface area (Å²) >= 11 is 5.95. The van der Waals surface area contributed by atoms with Crippen LogP contribution in [-0.2, 0) is 14.3 Å². The van der Waals surface area contributed by atoms with Gasteiger partial charge in [0.05, 0.1) is 28.8 Å². The highest BCUT2D eigenvalue weighted by molar-refractivity contribution is 6.34. The molecule has 0 fully saturated rings. The number of carbonyl (C=O) groups is 1. The Morgan fingerprint density at radius 2 is 2.00 bits per heavy atom. The zero-order chi connectivity index (χ0) is 19.5. The number of rotatable bonds is 10. The molecule has 1 amide bonds. The molecule has 0 aliphatic carbocycles. The molecule has 0 atom stereocenters. The van der Waals surface area contributed by atoms with Crippen LogP contribution in [-0.4, -0.2) is 56.3 Å². The number of hydrogen-bond donors (Lipinski definition) is 1. The van der Waals surface area contributed by atoms with Crippen LogP contribution in [0, 0.1) is 21.4 Å². The number of ether oxygens (including phenoxy) is 2. The molecule has 1 aromatic rings. The number of methoxy groups -OCH3 is 2. The Balaban J connectivity index is 2.98. The van der Waals surface area contributed by atoms with Crippen molar-refractivity contribution in [2.24, 2.45) is 0 Å². The number of benzene rings is 1. The highest BCUT2D eigenvalue weighted by Gasteiger charge is 2.16. The second-order valence-electron chi connectivity index (χ2n) is 5.05. The Morgan fingerprint density at radius 1 is 1.38 bits per heavy atom. The van der Waals surface area contributed by atoms with Crippen molar-refractivity contribution in [2.75, 3.05) is 45.8 Å². The van der Waals surface area contributed by atoms with E-state index < -0.39 is 10.8 Å². The molecule has 0 aliphatic heterocycles. The average molecular weight is 383 g/mol. The van der Waals surface area contributed by atoms with E-state index in [9.17, 15) is 20.2 Å². The molecular formula is C16H19ClN4O5. The van der Waals surface area contributed by atoms with Crippen molar-refractivity contribution in [1.82, 2.24) is 4.90 Å². The van der Waals surface area contributed by atoms with Gasteiger partial charge in [-0.2, -0.15) is 5.26 Å². The lowest BCUT2D eigenvalue weighted by atomic mass is 10.2. The summed E-state index contributed by atoms with van der Waals surface area (Å²) in [7, 11) is 3.08. The zero-order valence-corrected chi connectivity index (χ0v) is 15.2. The minimum absolute atomic E-state index is 0.0485. The van der Waals surface area contributed by atoms with Gasteiger partial charge in [-0.05, 0) is 6.07 Å². The number of non-ortho nitro benzene ring substituents is 1. The Labute approximate surface area is 155 Å². The van der Waals surface area contributed by atoms with E-state index in [4.69, 9.17) is 21.1 Å². The highest BCUT2D eigenvalue weighted by Crippen LogP contribution is 2.27. The molecule has 0 saturated heterocycles. The van der Waals surface area contributed by atoms with Gasteiger partial charge in [0.25, 0.3) is 11.6 Å². The summed E-state index contributed by atoms with van der Waals surface area (Å²) in [5.74, 6) is -0.727. The molecule has 140 valence electrons. The second-order valence-corrected chi connectivity index (χ2v) is 5.46. The first-order chi connectivity index (χ1) is 12.4. The maximum absolute atomic E-state index is 12.3. The summed E-state index contributed by atoms with van der Waals surface area (Å²) in [5, 5.41) is 22.7. The van der Waals surface area contributed by atoms with Gasteiger partial charge in [0.2, 0.25) is 0 Å². The zero-order valence-electron chi connectivity index (χ0n) is 14.4. The summed E-state index contributed by atoms with van der Waals surface area (Å²) in [4.78, 5) is 24.3. The quantitative estimate of drug-likeness (QED) is 0.285. The third-order valence-electron chi connectivity index (χ3n) is 3.25. The Kier molecular flexibility index (Phi) is 9.08. The Morgan fingerprint density at radius 3 is 2.50 bits per heavy atom. The monoisotopic (exact) mass is 382 g/mol. The number of halogens is 1. The van der Waals surface area contributed by atoms with Crippen LogP contribution in [0.25, 0.3) is 0 Å². The fourth-order valence-corrected chi connectivity index (χ4v) is 2.06.